The van der Waals surface area contributed by atoms with Gasteiger partial charge in [-0.15, -0.1) is 0 Å². The summed E-state index contributed by atoms with van der Waals surface area (Å²) in [5.41, 5.74) is -0.247. The number of hydrogen-bond donors (Lipinski definition) is 2. The van der Waals surface area contributed by atoms with Crippen molar-refractivity contribution in [2.75, 3.05) is 20.1 Å². The third kappa shape index (κ3) is 3.41. The number of nitrogens with zero attached hydrogens (tertiary/aromatic N) is 3. The van der Waals surface area contributed by atoms with Gasteiger partial charge >= 0.3 is 0 Å². The van der Waals surface area contributed by atoms with Gasteiger partial charge in [0.25, 0.3) is 0 Å². The zero-order valence-electron chi connectivity index (χ0n) is 13.7. The molecular formula is C17H22N4O3. The Morgan fingerprint density at radius 3 is 2.96 bits per heavy atom. The van der Waals surface area contributed by atoms with Crippen LogP contribution in [0.15, 0.2) is 30.5 Å². The number of likely N-dealkylation sites (tertiary alicyclic amines) is 1. The summed E-state index contributed by atoms with van der Waals surface area (Å²) in [6.07, 6.45) is 2.95. The molecule has 1 saturated heterocycles. The van der Waals surface area contributed by atoms with Crippen molar-refractivity contribution >= 4 is 22.7 Å². The quantitative estimate of drug-likeness (QED) is 0.856. The Kier molecular flexibility index (Phi) is 4.53. The number of aliphatic hydroxyl groups is 1. The van der Waals surface area contributed by atoms with E-state index < -0.39 is 5.60 Å². The number of nitrogens with one attached hydrogen (secondary N) is 1. The number of rotatable bonds is 4. The molecule has 128 valence electrons. The van der Waals surface area contributed by atoms with Crippen LogP contribution in [0.3, 0.4) is 0 Å². The number of β-amino-alcohol motifs (C(OH)–C–C–N with tert-alkyl or cyclic N) is 1. The molecule has 1 aromatic heterocycles. The number of fused-ring (bicyclic) bond motifs is 1. The standard InChI is InChI=1S/C17H22N4O3/c1-18-15(22)9-17(24)7-4-8-20(12-17)16(23)11-21-14-6-3-2-5-13(14)10-19-21/h2-3,5-6,10,24H,4,7-9,11-12H2,1H3,(H,18,22). The third-order valence-corrected chi connectivity index (χ3v) is 4.51. The zero-order valence-corrected chi connectivity index (χ0v) is 13.7. The van der Waals surface area contributed by atoms with Gasteiger partial charge in [0, 0.05) is 25.5 Å². The number of carbonyl (C=O) groups is 2. The van der Waals surface area contributed by atoms with Gasteiger partial charge in [-0.2, -0.15) is 5.10 Å². The first-order valence-electron chi connectivity index (χ1n) is 8.12. The lowest BCUT2D eigenvalue weighted by Crippen LogP contribution is -2.52. The fourth-order valence-corrected chi connectivity index (χ4v) is 3.24. The Labute approximate surface area is 140 Å². The van der Waals surface area contributed by atoms with Gasteiger partial charge in [-0.3, -0.25) is 14.3 Å². The first-order valence-corrected chi connectivity index (χ1v) is 8.12. The van der Waals surface area contributed by atoms with Gasteiger partial charge in [-0.05, 0) is 18.9 Å². The van der Waals surface area contributed by atoms with Crippen LogP contribution in [0.2, 0.25) is 0 Å². The van der Waals surface area contributed by atoms with Crippen molar-refractivity contribution in [1.29, 1.82) is 0 Å². The summed E-state index contributed by atoms with van der Waals surface area (Å²) >= 11 is 0. The third-order valence-electron chi connectivity index (χ3n) is 4.51. The van der Waals surface area contributed by atoms with E-state index in [0.717, 1.165) is 10.9 Å². The van der Waals surface area contributed by atoms with Crippen molar-refractivity contribution in [1.82, 2.24) is 20.0 Å². The van der Waals surface area contributed by atoms with Crippen LogP contribution in [-0.4, -0.2) is 57.3 Å². The van der Waals surface area contributed by atoms with Crippen LogP contribution in [0.5, 0.6) is 0 Å². The van der Waals surface area contributed by atoms with E-state index in [2.05, 4.69) is 10.4 Å². The Morgan fingerprint density at radius 2 is 2.17 bits per heavy atom. The molecule has 2 amide bonds. The van der Waals surface area contributed by atoms with Crippen LogP contribution in [0, 0.1) is 0 Å². The highest BCUT2D eigenvalue weighted by Crippen LogP contribution is 2.25. The van der Waals surface area contributed by atoms with E-state index in [-0.39, 0.29) is 31.3 Å². The fraction of sp³-hybridized carbons (Fsp3) is 0.471. The van der Waals surface area contributed by atoms with Gasteiger partial charge in [-0.25, -0.2) is 0 Å². The molecule has 0 aliphatic carbocycles. The molecule has 1 aliphatic rings. The van der Waals surface area contributed by atoms with Gasteiger partial charge in [-0.1, -0.05) is 18.2 Å². The molecule has 24 heavy (non-hydrogen) atoms. The van der Waals surface area contributed by atoms with Gasteiger partial charge in [0.15, 0.2) is 0 Å². The minimum absolute atomic E-state index is 0.0119. The van der Waals surface area contributed by atoms with Crippen LogP contribution in [-0.2, 0) is 16.1 Å². The van der Waals surface area contributed by atoms with Crippen LogP contribution in [0.25, 0.3) is 10.9 Å². The molecule has 3 rings (SSSR count). The number of hydrogen-bond acceptors (Lipinski definition) is 4. The summed E-state index contributed by atoms with van der Waals surface area (Å²) in [4.78, 5) is 25.8. The van der Waals surface area contributed by atoms with Crippen LogP contribution < -0.4 is 5.32 Å². The number of piperidine rings is 1. The highest BCUT2D eigenvalue weighted by molar-refractivity contribution is 5.82. The lowest BCUT2D eigenvalue weighted by atomic mass is 9.89. The monoisotopic (exact) mass is 330 g/mol. The second-order valence-corrected chi connectivity index (χ2v) is 6.35. The number of amides is 2. The highest BCUT2D eigenvalue weighted by Gasteiger charge is 2.36. The van der Waals surface area contributed by atoms with E-state index in [1.54, 1.807) is 22.8 Å². The average Bonchev–Trinajstić information content (AvgIpc) is 2.97. The van der Waals surface area contributed by atoms with Gasteiger partial charge in [0.2, 0.25) is 11.8 Å². The zero-order chi connectivity index (χ0) is 17.2. The number of carbonyl (C=O) groups excluding carboxylic acids is 2. The fourth-order valence-electron chi connectivity index (χ4n) is 3.24. The van der Waals surface area contributed by atoms with E-state index in [9.17, 15) is 14.7 Å². The van der Waals surface area contributed by atoms with Crippen molar-refractivity contribution in [2.45, 2.75) is 31.4 Å². The average molecular weight is 330 g/mol. The Bertz CT molecular complexity index is 757. The van der Waals surface area contributed by atoms with E-state index in [1.807, 2.05) is 24.3 Å². The van der Waals surface area contributed by atoms with E-state index >= 15 is 0 Å². The van der Waals surface area contributed by atoms with Crippen LogP contribution in [0.4, 0.5) is 0 Å². The Morgan fingerprint density at radius 1 is 1.38 bits per heavy atom. The summed E-state index contributed by atoms with van der Waals surface area (Å²) in [6, 6.07) is 7.72. The van der Waals surface area contributed by atoms with E-state index in [1.165, 1.54) is 0 Å². The molecule has 2 aromatic rings. The molecule has 1 aliphatic heterocycles. The molecule has 2 N–H and O–H groups in total. The number of benzene rings is 1. The maximum Gasteiger partial charge on any atom is 0.244 e. The summed E-state index contributed by atoms with van der Waals surface area (Å²) in [5, 5.41) is 18.4. The van der Waals surface area contributed by atoms with E-state index in [0.29, 0.717) is 19.4 Å². The summed E-state index contributed by atoms with van der Waals surface area (Å²) < 4.78 is 1.67. The SMILES string of the molecule is CNC(=O)CC1(O)CCCN(C(=O)Cn2ncc3ccccc32)C1. The largest absolute Gasteiger partial charge is 0.388 e. The number of aromatic nitrogens is 2. The predicted octanol–water partition coefficient (Wildman–Crippen LogP) is 0.526. The molecule has 0 bridgehead atoms. The van der Waals surface area contributed by atoms with Crippen molar-refractivity contribution in [3.8, 4) is 0 Å². The first kappa shape index (κ1) is 16.4. The second-order valence-electron chi connectivity index (χ2n) is 6.35. The van der Waals surface area contributed by atoms with Crippen molar-refractivity contribution in [3.05, 3.63) is 30.5 Å². The topological polar surface area (TPSA) is 87.5 Å². The number of para-hydroxylation sites is 1. The van der Waals surface area contributed by atoms with Crippen molar-refractivity contribution in [3.63, 3.8) is 0 Å². The minimum Gasteiger partial charge on any atom is -0.388 e. The minimum atomic E-state index is -1.15. The molecule has 2 heterocycles. The van der Waals surface area contributed by atoms with Gasteiger partial charge in [0.05, 0.1) is 23.7 Å². The Hall–Kier alpha value is -2.41. The van der Waals surface area contributed by atoms with Crippen molar-refractivity contribution in [2.24, 2.45) is 0 Å². The summed E-state index contributed by atoms with van der Waals surface area (Å²) in [5.74, 6) is -0.316. The molecule has 7 nitrogen and oxygen atoms in total. The lowest BCUT2D eigenvalue weighted by Gasteiger charge is -2.38. The molecule has 1 fully saturated rings. The summed E-state index contributed by atoms with van der Waals surface area (Å²) in [7, 11) is 1.54. The van der Waals surface area contributed by atoms with E-state index in [4.69, 9.17) is 0 Å². The predicted molar refractivity (Wildman–Crippen MR) is 89.2 cm³/mol. The second kappa shape index (κ2) is 6.60. The molecule has 0 radical (unpaired) electrons. The molecule has 1 aromatic carbocycles. The normalized spacial score (nSPS) is 21.0. The highest BCUT2D eigenvalue weighted by atomic mass is 16.3. The molecule has 0 saturated carbocycles. The van der Waals surface area contributed by atoms with Gasteiger partial charge < -0.3 is 15.3 Å². The van der Waals surface area contributed by atoms with Crippen LogP contribution in [0.1, 0.15) is 19.3 Å². The smallest absolute Gasteiger partial charge is 0.244 e. The Balaban J connectivity index is 1.69. The maximum absolute atomic E-state index is 12.6. The summed E-state index contributed by atoms with van der Waals surface area (Å²) in [6.45, 7) is 0.899. The van der Waals surface area contributed by atoms with Gasteiger partial charge in [0.1, 0.15) is 6.54 Å². The molecular weight excluding hydrogens is 308 g/mol. The van der Waals surface area contributed by atoms with Crippen molar-refractivity contribution < 1.29 is 14.7 Å². The molecule has 7 heteroatoms. The lowest BCUT2D eigenvalue weighted by molar-refractivity contribution is -0.142. The molecule has 0 spiro atoms. The van der Waals surface area contributed by atoms with Crippen LogP contribution >= 0.6 is 0 Å². The maximum atomic E-state index is 12.6. The molecule has 1 unspecified atom stereocenters. The first-order chi connectivity index (χ1) is 11.5. The molecule has 1 atom stereocenters.